The zero-order valence-electron chi connectivity index (χ0n) is 14.3. The van der Waals surface area contributed by atoms with Crippen molar-refractivity contribution >= 4 is 11.7 Å². The lowest BCUT2D eigenvalue weighted by atomic mass is 10.1. The summed E-state index contributed by atoms with van der Waals surface area (Å²) in [5, 5.41) is 10.1. The highest BCUT2D eigenvalue weighted by molar-refractivity contribution is 5.90. The molecule has 26 heavy (non-hydrogen) atoms. The topological polar surface area (TPSA) is 81.1 Å². The van der Waals surface area contributed by atoms with Crippen LogP contribution < -0.4 is 15.4 Å². The maximum atomic E-state index is 12.6. The average molecular weight is 349 g/mol. The van der Waals surface area contributed by atoms with Gasteiger partial charge in [0.2, 0.25) is 0 Å². The van der Waals surface area contributed by atoms with Crippen LogP contribution in [-0.2, 0) is 6.54 Å². The molecule has 0 radical (unpaired) electrons. The second-order valence-electron chi connectivity index (χ2n) is 6.19. The van der Waals surface area contributed by atoms with Gasteiger partial charge >= 0.3 is 6.03 Å². The first-order chi connectivity index (χ1) is 12.7. The zero-order chi connectivity index (χ0) is 17.9. The van der Waals surface area contributed by atoms with Crippen molar-refractivity contribution in [1.29, 1.82) is 0 Å². The second-order valence-corrected chi connectivity index (χ2v) is 6.19. The van der Waals surface area contributed by atoms with Gasteiger partial charge in [0.05, 0.1) is 12.6 Å². The Kier molecular flexibility index (Phi) is 4.27. The van der Waals surface area contributed by atoms with E-state index in [1.54, 1.807) is 11.0 Å². The summed E-state index contributed by atoms with van der Waals surface area (Å²) >= 11 is 0. The predicted octanol–water partition coefficient (Wildman–Crippen LogP) is 2.97. The number of benzene rings is 2. The van der Waals surface area contributed by atoms with E-state index >= 15 is 0 Å². The van der Waals surface area contributed by atoms with Gasteiger partial charge in [0.25, 0.3) is 0 Å². The number of urea groups is 1. The average Bonchev–Trinajstić information content (AvgIpc) is 3.25. The van der Waals surface area contributed by atoms with E-state index in [0.717, 1.165) is 22.6 Å². The van der Waals surface area contributed by atoms with Gasteiger partial charge in [0, 0.05) is 11.3 Å². The van der Waals surface area contributed by atoms with Gasteiger partial charge in [-0.2, -0.15) is 5.10 Å². The predicted molar refractivity (Wildman–Crippen MR) is 97.0 cm³/mol. The third kappa shape index (κ3) is 3.23. The van der Waals surface area contributed by atoms with Crippen LogP contribution in [0.1, 0.15) is 24.1 Å². The fourth-order valence-corrected chi connectivity index (χ4v) is 3.13. The van der Waals surface area contributed by atoms with Gasteiger partial charge in [-0.25, -0.2) is 14.5 Å². The second kappa shape index (κ2) is 6.87. The largest absolute Gasteiger partial charge is 0.488 e. The van der Waals surface area contributed by atoms with Crippen molar-refractivity contribution in [3.63, 3.8) is 0 Å². The van der Waals surface area contributed by atoms with Crippen molar-refractivity contribution in [2.75, 3.05) is 5.32 Å². The van der Waals surface area contributed by atoms with Gasteiger partial charge in [-0.05, 0) is 24.6 Å². The molecule has 1 aliphatic heterocycles. The van der Waals surface area contributed by atoms with Crippen molar-refractivity contribution < 1.29 is 9.53 Å². The third-order valence-corrected chi connectivity index (χ3v) is 4.39. The summed E-state index contributed by atoms with van der Waals surface area (Å²) in [7, 11) is 0. The van der Waals surface area contributed by atoms with E-state index in [4.69, 9.17) is 4.74 Å². The molecule has 0 saturated heterocycles. The molecule has 3 aromatic rings. The van der Waals surface area contributed by atoms with Crippen LogP contribution in [0.5, 0.6) is 5.75 Å². The van der Waals surface area contributed by atoms with Gasteiger partial charge in [0.15, 0.2) is 0 Å². The van der Waals surface area contributed by atoms with Crippen molar-refractivity contribution in [3.8, 4) is 5.75 Å². The molecule has 0 fully saturated rings. The highest BCUT2D eigenvalue weighted by atomic mass is 16.5. The Morgan fingerprint density at radius 2 is 2.00 bits per heavy atom. The van der Waals surface area contributed by atoms with Crippen molar-refractivity contribution in [1.82, 2.24) is 20.1 Å². The van der Waals surface area contributed by atoms with Gasteiger partial charge < -0.3 is 15.4 Å². The maximum Gasteiger partial charge on any atom is 0.319 e. The highest BCUT2D eigenvalue weighted by Gasteiger charge is 2.32. The molecule has 0 spiro atoms. The minimum absolute atomic E-state index is 0.122. The molecule has 7 heteroatoms. The molecule has 7 nitrogen and oxygen atoms in total. The minimum Gasteiger partial charge on any atom is -0.488 e. The monoisotopic (exact) mass is 349 g/mol. The number of carbonyl (C=O) groups is 1. The molecule has 1 aliphatic rings. The van der Waals surface area contributed by atoms with E-state index in [9.17, 15) is 4.79 Å². The lowest BCUT2D eigenvalue weighted by molar-refractivity contribution is 0.204. The van der Waals surface area contributed by atoms with Gasteiger partial charge in [-0.15, -0.1) is 0 Å². The fraction of sp³-hybridized carbons (Fsp3) is 0.211. The van der Waals surface area contributed by atoms with Gasteiger partial charge in [0.1, 0.15) is 24.5 Å². The van der Waals surface area contributed by atoms with Crippen LogP contribution in [0.15, 0.2) is 61.2 Å². The van der Waals surface area contributed by atoms with E-state index in [0.29, 0.717) is 6.54 Å². The normalized spacial score (nSPS) is 18.0. The van der Waals surface area contributed by atoms with Crippen LogP contribution in [0.4, 0.5) is 10.5 Å². The summed E-state index contributed by atoms with van der Waals surface area (Å²) < 4.78 is 7.51. The van der Waals surface area contributed by atoms with E-state index in [-0.39, 0.29) is 18.2 Å². The number of nitrogens with one attached hydrogen (secondary N) is 2. The Balaban J connectivity index is 1.47. The molecule has 0 unspecified atom stereocenters. The van der Waals surface area contributed by atoms with E-state index in [1.807, 2.05) is 55.5 Å². The quantitative estimate of drug-likeness (QED) is 0.759. The van der Waals surface area contributed by atoms with Gasteiger partial charge in [-0.1, -0.05) is 36.4 Å². The number of rotatable bonds is 4. The number of hydrogen-bond acceptors (Lipinski definition) is 4. The zero-order valence-corrected chi connectivity index (χ0v) is 14.3. The van der Waals surface area contributed by atoms with Crippen molar-refractivity contribution in [3.05, 3.63) is 72.3 Å². The number of ether oxygens (including phenoxy) is 1. The molecule has 2 amide bonds. The third-order valence-electron chi connectivity index (χ3n) is 4.39. The molecule has 0 saturated carbocycles. The standard InChI is InChI=1S/C19H19N5O2/c1-13-18(15-7-3-5-9-17(15)26-13)23-19(25)22-16-8-4-2-6-14(16)10-24-12-20-11-21-24/h2-9,11-13,18H,10H2,1H3,(H2,22,23,25)/t13-,18+/m0/s1. The molecule has 2 aromatic carbocycles. The molecule has 2 heterocycles. The maximum absolute atomic E-state index is 12.6. The Labute approximate surface area is 151 Å². The molecule has 2 N–H and O–H groups in total. The molecule has 2 atom stereocenters. The first-order valence-corrected chi connectivity index (χ1v) is 8.44. The minimum atomic E-state index is -0.270. The van der Waals surface area contributed by atoms with Crippen LogP contribution in [0.25, 0.3) is 0 Å². The SMILES string of the molecule is C[C@@H]1Oc2ccccc2[C@@H]1NC(=O)Nc1ccccc1Cn1cncn1. The number of nitrogens with zero attached hydrogens (tertiary/aromatic N) is 3. The number of para-hydroxylation sites is 2. The Hall–Kier alpha value is -3.35. The molecule has 1 aromatic heterocycles. The summed E-state index contributed by atoms with van der Waals surface area (Å²) in [4.78, 5) is 16.5. The molecule has 0 bridgehead atoms. The van der Waals surface area contributed by atoms with E-state index in [2.05, 4.69) is 20.7 Å². The van der Waals surface area contributed by atoms with Crippen LogP contribution in [0.2, 0.25) is 0 Å². The van der Waals surface area contributed by atoms with Crippen molar-refractivity contribution in [2.24, 2.45) is 0 Å². The summed E-state index contributed by atoms with van der Waals surface area (Å²) in [6, 6.07) is 14.9. The summed E-state index contributed by atoms with van der Waals surface area (Å²) in [6.45, 7) is 2.48. The molecule has 0 aliphatic carbocycles. The lowest BCUT2D eigenvalue weighted by Crippen LogP contribution is -2.37. The first-order valence-electron chi connectivity index (χ1n) is 8.44. The van der Waals surface area contributed by atoms with Crippen LogP contribution >= 0.6 is 0 Å². The van der Waals surface area contributed by atoms with Crippen LogP contribution in [0, 0.1) is 0 Å². The van der Waals surface area contributed by atoms with Crippen LogP contribution in [0.3, 0.4) is 0 Å². The Morgan fingerprint density at radius 3 is 2.85 bits per heavy atom. The number of anilines is 1. The molecule has 4 rings (SSSR count). The van der Waals surface area contributed by atoms with E-state index in [1.165, 1.54) is 6.33 Å². The summed E-state index contributed by atoms with van der Waals surface area (Å²) in [5.41, 5.74) is 2.68. The number of fused-ring (bicyclic) bond motifs is 1. The Morgan fingerprint density at radius 1 is 1.19 bits per heavy atom. The molecular formula is C19H19N5O2. The summed E-state index contributed by atoms with van der Waals surface area (Å²) in [5.74, 6) is 0.817. The number of amides is 2. The molecular weight excluding hydrogens is 330 g/mol. The Bertz CT molecular complexity index is 910. The number of hydrogen-bond donors (Lipinski definition) is 2. The lowest BCUT2D eigenvalue weighted by Gasteiger charge is -2.18. The smallest absolute Gasteiger partial charge is 0.319 e. The van der Waals surface area contributed by atoms with Gasteiger partial charge in [-0.3, -0.25) is 0 Å². The van der Waals surface area contributed by atoms with E-state index < -0.39 is 0 Å². The highest BCUT2D eigenvalue weighted by Crippen LogP contribution is 2.36. The van der Waals surface area contributed by atoms with Crippen molar-refractivity contribution in [2.45, 2.75) is 25.6 Å². The number of aromatic nitrogens is 3. The molecule has 132 valence electrons. The van der Waals surface area contributed by atoms with Crippen LogP contribution in [-0.4, -0.2) is 26.9 Å². The summed E-state index contributed by atoms with van der Waals surface area (Å²) in [6.07, 6.45) is 3.01. The number of carbonyl (C=O) groups excluding carboxylic acids is 1. The first kappa shape index (κ1) is 16.1. The fourth-order valence-electron chi connectivity index (χ4n) is 3.13.